The molecule has 23 heavy (non-hydrogen) atoms. The number of halogens is 1. The van der Waals surface area contributed by atoms with Crippen molar-refractivity contribution in [2.24, 2.45) is 0 Å². The van der Waals surface area contributed by atoms with E-state index in [1.807, 2.05) is 6.92 Å². The zero-order valence-electron chi connectivity index (χ0n) is 12.8. The Hall–Kier alpha value is -1.45. The van der Waals surface area contributed by atoms with E-state index in [0.29, 0.717) is 16.6 Å². The van der Waals surface area contributed by atoms with E-state index in [-0.39, 0.29) is 24.6 Å². The van der Waals surface area contributed by atoms with Crippen LogP contribution in [-0.2, 0) is 20.1 Å². The van der Waals surface area contributed by atoms with Crippen molar-refractivity contribution in [3.8, 4) is 0 Å². The lowest BCUT2D eigenvalue weighted by molar-refractivity contribution is -0.160. The molecular formula is C13H17ClN4O4S. The van der Waals surface area contributed by atoms with Gasteiger partial charge < -0.3 is 14.4 Å². The Morgan fingerprint density at radius 1 is 1.48 bits per heavy atom. The minimum atomic E-state index is -0.740. The number of aromatic nitrogens is 2. The van der Waals surface area contributed by atoms with Crippen LogP contribution in [0.25, 0.3) is 0 Å². The second kappa shape index (κ2) is 6.58. The van der Waals surface area contributed by atoms with Crippen LogP contribution in [0.1, 0.15) is 24.8 Å². The van der Waals surface area contributed by atoms with Gasteiger partial charge in [0.1, 0.15) is 5.01 Å². The van der Waals surface area contributed by atoms with Gasteiger partial charge in [-0.1, -0.05) is 11.3 Å². The topological polar surface area (TPSA) is 84.9 Å². The predicted molar refractivity (Wildman–Crippen MR) is 83.4 cm³/mol. The number of hydrogen-bond donors (Lipinski definition) is 0. The highest BCUT2D eigenvalue weighted by atomic mass is 35.5. The zero-order chi connectivity index (χ0) is 16.6. The summed E-state index contributed by atoms with van der Waals surface area (Å²) in [7, 11) is 1.64. The fraction of sp³-hybridized carbons (Fsp3) is 0.692. The van der Waals surface area contributed by atoms with E-state index in [0.717, 1.165) is 6.42 Å². The molecule has 2 fully saturated rings. The second-order valence-corrected chi connectivity index (χ2v) is 6.86. The zero-order valence-corrected chi connectivity index (χ0v) is 14.3. The van der Waals surface area contributed by atoms with Crippen LogP contribution in [0.3, 0.4) is 0 Å². The molecule has 0 bridgehead atoms. The van der Waals surface area contributed by atoms with Gasteiger partial charge in [0, 0.05) is 7.05 Å². The van der Waals surface area contributed by atoms with Gasteiger partial charge in [0.2, 0.25) is 11.4 Å². The molecule has 3 atom stereocenters. The van der Waals surface area contributed by atoms with Crippen molar-refractivity contribution in [2.45, 2.75) is 44.1 Å². The minimum Gasteiger partial charge on any atom is -0.437 e. The van der Waals surface area contributed by atoms with Crippen molar-refractivity contribution in [1.82, 2.24) is 15.1 Å². The van der Waals surface area contributed by atoms with Crippen molar-refractivity contribution in [3.05, 3.63) is 5.01 Å². The van der Waals surface area contributed by atoms with Gasteiger partial charge in [0.05, 0.1) is 18.5 Å². The Bertz CT molecular complexity index is 613. The molecule has 2 saturated heterocycles. The molecule has 0 saturated carbocycles. The summed E-state index contributed by atoms with van der Waals surface area (Å²) in [5.74, 6) is -0.233. The Morgan fingerprint density at radius 2 is 2.26 bits per heavy atom. The number of carbonyl (C=O) groups excluding carboxylic acids is 2. The molecule has 2 amide bonds. The quantitative estimate of drug-likeness (QED) is 0.598. The van der Waals surface area contributed by atoms with Gasteiger partial charge >= 0.3 is 12.0 Å². The van der Waals surface area contributed by atoms with E-state index in [1.165, 1.54) is 21.1 Å². The van der Waals surface area contributed by atoms with Gasteiger partial charge in [-0.3, -0.25) is 0 Å². The van der Waals surface area contributed by atoms with Gasteiger partial charge in [-0.2, -0.15) is 0 Å². The third-order valence-corrected chi connectivity index (χ3v) is 5.11. The van der Waals surface area contributed by atoms with E-state index in [9.17, 15) is 9.59 Å². The third kappa shape index (κ3) is 3.26. The van der Waals surface area contributed by atoms with E-state index >= 15 is 0 Å². The summed E-state index contributed by atoms with van der Waals surface area (Å²) in [5, 5.41) is 8.83. The molecule has 10 heteroatoms. The Balaban J connectivity index is 1.74. The summed E-state index contributed by atoms with van der Waals surface area (Å²) in [6.45, 7) is 2.18. The van der Waals surface area contributed by atoms with E-state index < -0.39 is 18.3 Å². The molecule has 0 N–H and O–H groups in total. The number of hydrogen-bond acceptors (Lipinski definition) is 7. The number of esters is 1. The highest BCUT2D eigenvalue weighted by Crippen LogP contribution is 2.29. The molecule has 126 valence electrons. The lowest BCUT2D eigenvalue weighted by Crippen LogP contribution is -2.39. The molecule has 1 aromatic rings. The van der Waals surface area contributed by atoms with E-state index in [4.69, 9.17) is 21.1 Å². The molecule has 3 rings (SSSR count). The summed E-state index contributed by atoms with van der Waals surface area (Å²) in [6.07, 6.45) is 0.191. The van der Waals surface area contributed by atoms with Gasteiger partial charge in [-0.15, -0.1) is 21.8 Å². The summed E-state index contributed by atoms with van der Waals surface area (Å²) in [4.78, 5) is 27.4. The third-order valence-electron chi connectivity index (χ3n) is 3.77. The molecule has 2 aliphatic heterocycles. The largest absolute Gasteiger partial charge is 0.437 e. The Kier molecular flexibility index (Phi) is 4.69. The van der Waals surface area contributed by atoms with Gasteiger partial charge in [-0.05, 0) is 19.8 Å². The summed E-state index contributed by atoms with van der Waals surface area (Å²) in [5.41, 5.74) is 0. The highest BCUT2D eigenvalue weighted by Gasteiger charge is 2.42. The summed E-state index contributed by atoms with van der Waals surface area (Å²) < 4.78 is 11.0. The first-order valence-electron chi connectivity index (χ1n) is 7.28. The van der Waals surface area contributed by atoms with Crippen molar-refractivity contribution >= 4 is 40.1 Å². The average Bonchev–Trinajstić information content (AvgIpc) is 3.20. The molecular weight excluding hydrogens is 344 g/mol. The second-order valence-electron chi connectivity index (χ2n) is 5.55. The monoisotopic (exact) mass is 360 g/mol. The Labute approximate surface area is 142 Å². The minimum absolute atomic E-state index is 0.0472. The molecule has 0 spiro atoms. The molecule has 0 radical (unpaired) electrons. The number of amides is 2. The van der Waals surface area contributed by atoms with Crippen molar-refractivity contribution in [1.29, 1.82) is 0 Å². The fourth-order valence-electron chi connectivity index (χ4n) is 2.58. The lowest BCUT2D eigenvalue weighted by Gasteiger charge is -2.21. The SMILES string of the molecule is CC1CCC(C(=O)OC2CN(C)C(=O)N2c2nnc(CCl)s2)O1. The Morgan fingerprint density at radius 3 is 2.87 bits per heavy atom. The number of ether oxygens (including phenoxy) is 2. The first-order chi connectivity index (χ1) is 11.0. The van der Waals surface area contributed by atoms with Crippen LogP contribution in [-0.4, -0.2) is 59.1 Å². The van der Waals surface area contributed by atoms with E-state index in [2.05, 4.69) is 10.2 Å². The number of urea groups is 1. The molecule has 1 aromatic heterocycles. The summed E-state index contributed by atoms with van der Waals surface area (Å²) in [6, 6.07) is -0.291. The molecule has 3 unspecified atom stereocenters. The van der Waals surface area contributed by atoms with Crippen LogP contribution >= 0.6 is 22.9 Å². The maximum Gasteiger partial charge on any atom is 0.337 e. The normalized spacial score (nSPS) is 27.8. The van der Waals surface area contributed by atoms with Gasteiger partial charge in [-0.25, -0.2) is 14.5 Å². The highest BCUT2D eigenvalue weighted by molar-refractivity contribution is 7.15. The summed E-state index contributed by atoms with van der Waals surface area (Å²) >= 11 is 6.93. The average molecular weight is 361 g/mol. The number of likely N-dealkylation sites (N-methyl/N-ethyl adjacent to an activating group) is 1. The fourth-order valence-corrected chi connectivity index (χ4v) is 3.52. The van der Waals surface area contributed by atoms with Gasteiger partial charge in [0.25, 0.3) is 0 Å². The first kappa shape index (κ1) is 16.4. The number of alkyl halides is 1. The van der Waals surface area contributed by atoms with Crippen LogP contribution in [0.5, 0.6) is 0 Å². The first-order valence-corrected chi connectivity index (χ1v) is 8.63. The van der Waals surface area contributed by atoms with Crippen molar-refractivity contribution in [2.75, 3.05) is 18.5 Å². The predicted octanol–water partition coefficient (Wildman–Crippen LogP) is 1.59. The van der Waals surface area contributed by atoms with Crippen LogP contribution in [0.4, 0.5) is 9.93 Å². The van der Waals surface area contributed by atoms with Crippen molar-refractivity contribution in [3.63, 3.8) is 0 Å². The molecule has 0 aromatic carbocycles. The molecule has 8 nitrogen and oxygen atoms in total. The van der Waals surface area contributed by atoms with Crippen LogP contribution < -0.4 is 4.90 Å². The maximum atomic E-state index is 12.3. The number of anilines is 1. The molecule has 3 heterocycles. The van der Waals surface area contributed by atoms with Crippen molar-refractivity contribution < 1.29 is 19.1 Å². The maximum absolute atomic E-state index is 12.3. The molecule has 0 aliphatic carbocycles. The standard InChI is InChI=1S/C13H17ClN4O4S/c1-7-3-4-8(21-7)11(19)22-10-6-17(2)13(20)18(10)12-16-15-9(5-14)23-12/h7-8,10H,3-6H2,1-2H3. The van der Waals surface area contributed by atoms with Crippen LogP contribution in [0, 0.1) is 0 Å². The van der Waals surface area contributed by atoms with Crippen LogP contribution in [0.15, 0.2) is 0 Å². The smallest absolute Gasteiger partial charge is 0.337 e. The van der Waals surface area contributed by atoms with Gasteiger partial charge in [0.15, 0.2) is 6.10 Å². The van der Waals surface area contributed by atoms with Crippen LogP contribution in [0.2, 0.25) is 0 Å². The van der Waals surface area contributed by atoms with E-state index in [1.54, 1.807) is 7.05 Å². The molecule has 2 aliphatic rings. The number of rotatable bonds is 4. The number of nitrogens with zero attached hydrogens (tertiary/aromatic N) is 4. The lowest BCUT2D eigenvalue weighted by atomic mass is 10.2. The number of carbonyl (C=O) groups is 2.